The Bertz CT molecular complexity index is 1230. The van der Waals surface area contributed by atoms with E-state index in [9.17, 15) is 13.2 Å². The molecule has 0 saturated heterocycles. The van der Waals surface area contributed by atoms with Crippen LogP contribution in [0.3, 0.4) is 0 Å². The zero-order chi connectivity index (χ0) is 21.1. The van der Waals surface area contributed by atoms with E-state index in [0.717, 1.165) is 16.7 Å². The van der Waals surface area contributed by atoms with Crippen molar-refractivity contribution in [3.05, 3.63) is 89.5 Å². The third kappa shape index (κ3) is 4.26. The highest BCUT2D eigenvalue weighted by molar-refractivity contribution is 7.90. The van der Waals surface area contributed by atoms with Crippen LogP contribution in [0.4, 0.5) is 0 Å². The molecule has 0 unspecified atom stereocenters. The lowest BCUT2D eigenvalue weighted by Gasteiger charge is -2.07. The molecule has 2 N–H and O–H groups in total. The monoisotopic (exact) mass is 419 g/mol. The number of aliphatic imine (C=N–C) groups is 1. The molecule has 0 aliphatic carbocycles. The fraction of sp³-hybridized carbons (Fsp3) is 0.130. The molecule has 0 radical (unpaired) electrons. The van der Waals surface area contributed by atoms with E-state index in [1.165, 1.54) is 11.6 Å². The number of nitrogens with one attached hydrogen (secondary N) is 2. The highest BCUT2D eigenvalue weighted by atomic mass is 32.2. The number of sulfonamides is 1. The quantitative estimate of drug-likeness (QED) is 0.666. The van der Waals surface area contributed by atoms with Crippen molar-refractivity contribution >= 4 is 21.8 Å². The Morgan fingerprint density at radius 2 is 1.73 bits per heavy atom. The number of hydrogen-bond donors (Lipinski definition) is 2. The Morgan fingerprint density at radius 3 is 2.53 bits per heavy atom. The third-order valence-corrected chi connectivity index (χ3v) is 6.24. The van der Waals surface area contributed by atoms with Gasteiger partial charge in [-0.2, -0.15) is 0 Å². The summed E-state index contributed by atoms with van der Waals surface area (Å²) in [6.45, 7) is 2.25. The molecule has 7 heteroatoms. The summed E-state index contributed by atoms with van der Waals surface area (Å²) < 4.78 is 26.6. The molecule has 1 aliphatic heterocycles. The summed E-state index contributed by atoms with van der Waals surface area (Å²) in [7, 11) is -3.60. The van der Waals surface area contributed by atoms with Crippen LogP contribution in [0.2, 0.25) is 0 Å². The number of aryl methyl sites for hydroxylation is 1. The first-order chi connectivity index (χ1) is 14.4. The lowest BCUT2D eigenvalue weighted by molar-refractivity contribution is -0.119. The van der Waals surface area contributed by atoms with Crippen molar-refractivity contribution in [1.82, 2.24) is 10.0 Å². The van der Waals surface area contributed by atoms with Gasteiger partial charge in [-0.1, -0.05) is 60.2 Å². The Hall–Kier alpha value is -3.45. The van der Waals surface area contributed by atoms with Crippen molar-refractivity contribution in [3.63, 3.8) is 0 Å². The van der Waals surface area contributed by atoms with Gasteiger partial charge in [-0.3, -0.25) is 14.5 Å². The van der Waals surface area contributed by atoms with E-state index >= 15 is 0 Å². The van der Waals surface area contributed by atoms with Crippen molar-refractivity contribution < 1.29 is 13.2 Å². The molecule has 1 heterocycles. The maximum Gasteiger partial charge on any atom is 0.263 e. The van der Waals surface area contributed by atoms with E-state index in [1.54, 1.807) is 18.2 Å². The van der Waals surface area contributed by atoms with Crippen LogP contribution in [0.25, 0.3) is 11.1 Å². The average molecular weight is 420 g/mol. The van der Waals surface area contributed by atoms with Crippen LogP contribution in [0.15, 0.2) is 82.7 Å². The van der Waals surface area contributed by atoms with Crippen LogP contribution < -0.4 is 10.0 Å². The molecule has 6 nitrogen and oxygen atoms in total. The summed E-state index contributed by atoms with van der Waals surface area (Å²) in [5.41, 5.74) is 4.86. The highest BCUT2D eigenvalue weighted by Gasteiger charge is 2.30. The number of amidine groups is 1. The van der Waals surface area contributed by atoms with Crippen molar-refractivity contribution in [2.45, 2.75) is 18.4 Å². The maximum absolute atomic E-state index is 12.2. The number of carbonyl (C=O) groups excluding carboxylic acids is 1. The largest absolute Gasteiger partial charge is 0.350 e. The third-order valence-electron chi connectivity index (χ3n) is 4.85. The van der Waals surface area contributed by atoms with Gasteiger partial charge in [0.25, 0.3) is 10.0 Å². The first-order valence-electron chi connectivity index (χ1n) is 9.52. The number of carbonyl (C=O) groups is 1. The van der Waals surface area contributed by atoms with Gasteiger partial charge in [0.2, 0.25) is 5.91 Å². The standard InChI is InChI=1S/C23H21N3O3S/c1-16-9-11-18(12-10-16)19-6-4-5-17(13-19)14-24-22(27)15-25-23-20-7-2-3-8-21(20)30(28,29)26-23/h2-13H,14-15H2,1H3,(H,24,27)(H,25,26). The normalized spacial score (nSPS) is 15.4. The van der Waals surface area contributed by atoms with E-state index in [-0.39, 0.29) is 23.2 Å². The number of hydrogen-bond acceptors (Lipinski definition) is 4. The number of nitrogens with zero attached hydrogens (tertiary/aromatic N) is 1. The zero-order valence-corrected chi connectivity index (χ0v) is 17.2. The molecule has 4 rings (SSSR count). The first-order valence-corrected chi connectivity index (χ1v) is 11.0. The molecular formula is C23H21N3O3S. The fourth-order valence-corrected chi connectivity index (χ4v) is 4.52. The summed E-state index contributed by atoms with van der Waals surface area (Å²) in [5, 5.41) is 2.83. The van der Waals surface area contributed by atoms with Gasteiger partial charge in [0.05, 0.1) is 4.90 Å². The summed E-state index contributed by atoms with van der Waals surface area (Å²) in [6, 6.07) is 22.8. The van der Waals surface area contributed by atoms with Gasteiger partial charge >= 0.3 is 0 Å². The fourth-order valence-electron chi connectivity index (χ4n) is 3.27. The molecular weight excluding hydrogens is 398 g/mol. The SMILES string of the molecule is Cc1ccc(-c2cccc(CNC(=O)CN=C3NS(=O)(=O)c4ccccc43)c2)cc1. The Morgan fingerprint density at radius 1 is 0.967 bits per heavy atom. The van der Waals surface area contributed by atoms with Crippen LogP contribution in [-0.2, 0) is 21.4 Å². The Labute approximate surface area is 175 Å². The van der Waals surface area contributed by atoms with Crippen molar-refractivity contribution in [2.75, 3.05) is 6.54 Å². The van der Waals surface area contributed by atoms with E-state index < -0.39 is 10.0 Å². The van der Waals surface area contributed by atoms with Crippen LogP contribution in [0.5, 0.6) is 0 Å². The first kappa shape index (κ1) is 19.8. The molecule has 0 atom stereocenters. The van der Waals surface area contributed by atoms with E-state index in [1.807, 2.05) is 31.2 Å². The Kier molecular flexibility index (Phi) is 5.37. The van der Waals surface area contributed by atoms with Gasteiger partial charge in [0, 0.05) is 12.1 Å². The molecule has 1 aliphatic rings. The minimum atomic E-state index is -3.60. The van der Waals surface area contributed by atoms with Gasteiger partial charge in [-0.15, -0.1) is 0 Å². The average Bonchev–Trinajstić information content (AvgIpc) is 3.02. The topological polar surface area (TPSA) is 87.6 Å². The minimum absolute atomic E-state index is 0.163. The van der Waals surface area contributed by atoms with Crippen molar-refractivity contribution in [2.24, 2.45) is 4.99 Å². The van der Waals surface area contributed by atoms with E-state index in [4.69, 9.17) is 0 Å². The smallest absolute Gasteiger partial charge is 0.263 e. The Balaban J connectivity index is 1.40. The summed E-state index contributed by atoms with van der Waals surface area (Å²) >= 11 is 0. The molecule has 0 fully saturated rings. The van der Waals surface area contributed by atoms with E-state index in [2.05, 4.69) is 39.3 Å². The van der Waals surface area contributed by atoms with Gasteiger partial charge in [-0.25, -0.2) is 8.42 Å². The van der Waals surface area contributed by atoms with Gasteiger partial charge in [-0.05, 0) is 41.8 Å². The van der Waals surface area contributed by atoms with Crippen LogP contribution in [-0.4, -0.2) is 26.7 Å². The predicted molar refractivity (Wildman–Crippen MR) is 117 cm³/mol. The minimum Gasteiger partial charge on any atom is -0.350 e. The molecule has 3 aromatic carbocycles. The second-order valence-electron chi connectivity index (χ2n) is 7.11. The molecule has 0 saturated carbocycles. The summed E-state index contributed by atoms with van der Waals surface area (Å²) in [6.07, 6.45) is 0. The van der Waals surface area contributed by atoms with Gasteiger partial charge in [0.15, 0.2) is 0 Å². The maximum atomic E-state index is 12.2. The zero-order valence-electron chi connectivity index (χ0n) is 16.4. The molecule has 152 valence electrons. The highest BCUT2D eigenvalue weighted by Crippen LogP contribution is 2.22. The lowest BCUT2D eigenvalue weighted by Crippen LogP contribution is -2.28. The second-order valence-corrected chi connectivity index (χ2v) is 8.76. The van der Waals surface area contributed by atoms with Crippen LogP contribution >= 0.6 is 0 Å². The second kappa shape index (κ2) is 8.12. The number of amides is 1. The van der Waals surface area contributed by atoms with Gasteiger partial charge < -0.3 is 5.32 Å². The van der Waals surface area contributed by atoms with Crippen molar-refractivity contribution in [1.29, 1.82) is 0 Å². The van der Waals surface area contributed by atoms with Crippen LogP contribution in [0, 0.1) is 6.92 Å². The summed E-state index contributed by atoms with van der Waals surface area (Å²) in [5.74, 6) is -0.0889. The number of fused-ring (bicyclic) bond motifs is 1. The molecule has 30 heavy (non-hydrogen) atoms. The molecule has 1 amide bonds. The number of benzene rings is 3. The van der Waals surface area contributed by atoms with Gasteiger partial charge in [0.1, 0.15) is 12.4 Å². The summed E-state index contributed by atoms with van der Waals surface area (Å²) in [4.78, 5) is 16.6. The molecule has 0 aromatic heterocycles. The number of rotatable bonds is 5. The molecule has 0 bridgehead atoms. The van der Waals surface area contributed by atoms with Crippen molar-refractivity contribution in [3.8, 4) is 11.1 Å². The molecule has 0 spiro atoms. The van der Waals surface area contributed by atoms with Crippen LogP contribution in [0.1, 0.15) is 16.7 Å². The van der Waals surface area contributed by atoms with E-state index in [0.29, 0.717) is 12.1 Å². The predicted octanol–water partition coefficient (Wildman–Crippen LogP) is 3.02. The lowest BCUT2D eigenvalue weighted by atomic mass is 10.0. The molecule has 3 aromatic rings.